The number of sulfonamides is 1. The quantitative estimate of drug-likeness (QED) is 0.451. The summed E-state index contributed by atoms with van der Waals surface area (Å²) < 4.78 is 82.4. The Morgan fingerprint density at radius 1 is 1.03 bits per heavy atom. The number of carbonyl (C=O) groups excluding carboxylic acids is 1. The van der Waals surface area contributed by atoms with Gasteiger partial charge in [-0.25, -0.2) is 12.8 Å². The first-order valence-corrected chi connectivity index (χ1v) is 14.6. The standard InChI is InChI=1S/C25H31F4N3O3S2/c1-16(2)24(33)18-8-10-30(11-9-18)22-6-7-23(36-22)37(34,35)32-13-12-31(15-17(32)3)21-5-4-19(26)14-20(21)25(27,28)29/h4-7,14,16-18H,8-13,15H2,1-3H3/t17-/m1/s1. The van der Waals surface area contributed by atoms with E-state index in [-0.39, 0.29) is 47.1 Å². The molecular formula is C25H31F4N3O3S2. The Morgan fingerprint density at radius 2 is 1.70 bits per heavy atom. The second kappa shape index (κ2) is 10.5. The van der Waals surface area contributed by atoms with Crippen LogP contribution in [-0.2, 0) is 21.0 Å². The summed E-state index contributed by atoms with van der Waals surface area (Å²) in [5.41, 5.74) is -1.23. The molecule has 6 nitrogen and oxygen atoms in total. The summed E-state index contributed by atoms with van der Waals surface area (Å²) in [4.78, 5) is 15.9. The van der Waals surface area contributed by atoms with E-state index in [9.17, 15) is 30.8 Å². The largest absolute Gasteiger partial charge is 0.418 e. The molecule has 204 valence electrons. The Balaban J connectivity index is 1.45. The highest BCUT2D eigenvalue weighted by atomic mass is 32.2. The fourth-order valence-corrected chi connectivity index (χ4v) is 8.21. The minimum atomic E-state index is -4.73. The molecule has 0 radical (unpaired) electrons. The number of alkyl halides is 3. The molecular weight excluding hydrogens is 530 g/mol. The van der Waals surface area contributed by atoms with E-state index in [0.717, 1.165) is 30.0 Å². The van der Waals surface area contributed by atoms with Gasteiger partial charge >= 0.3 is 6.18 Å². The number of piperidine rings is 1. The van der Waals surface area contributed by atoms with Gasteiger partial charge in [-0.1, -0.05) is 13.8 Å². The predicted molar refractivity (Wildman–Crippen MR) is 136 cm³/mol. The number of hydrogen-bond donors (Lipinski definition) is 0. The highest BCUT2D eigenvalue weighted by molar-refractivity contribution is 7.91. The van der Waals surface area contributed by atoms with Crippen molar-refractivity contribution in [3.8, 4) is 0 Å². The van der Waals surface area contributed by atoms with Crippen molar-refractivity contribution >= 4 is 37.8 Å². The zero-order chi connectivity index (χ0) is 27.1. The van der Waals surface area contributed by atoms with Crippen molar-refractivity contribution in [2.45, 2.75) is 50.0 Å². The lowest BCUT2D eigenvalue weighted by atomic mass is 9.87. The van der Waals surface area contributed by atoms with Crippen LogP contribution in [0.2, 0.25) is 0 Å². The smallest absolute Gasteiger partial charge is 0.368 e. The molecule has 3 heterocycles. The molecule has 0 aliphatic carbocycles. The first kappa shape index (κ1) is 27.8. The average molecular weight is 562 g/mol. The number of thiophene rings is 1. The van der Waals surface area contributed by atoms with Crippen LogP contribution in [0.5, 0.6) is 0 Å². The number of nitrogens with zero attached hydrogens (tertiary/aromatic N) is 3. The minimum absolute atomic E-state index is 0.000554. The van der Waals surface area contributed by atoms with Crippen molar-refractivity contribution < 1.29 is 30.8 Å². The summed E-state index contributed by atoms with van der Waals surface area (Å²) in [6.07, 6.45) is -3.26. The molecule has 2 aliphatic rings. The molecule has 0 bridgehead atoms. The number of ketones is 1. The maximum absolute atomic E-state index is 13.5. The number of halogens is 4. The second-order valence-corrected chi connectivity index (χ2v) is 13.2. The van der Waals surface area contributed by atoms with Gasteiger partial charge < -0.3 is 9.80 Å². The van der Waals surface area contributed by atoms with E-state index >= 15 is 0 Å². The molecule has 0 unspecified atom stereocenters. The van der Waals surface area contributed by atoms with E-state index in [1.165, 1.54) is 20.5 Å². The zero-order valence-electron chi connectivity index (χ0n) is 21.0. The van der Waals surface area contributed by atoms with Crippen molar-refractivity contribution in [2.24, 2.45) is 11.8 Å². The van der Waals surface area contributed by atoms with Gasteiger partial charge in [0.1, 0.15) is 15.8 Å². The number of carbonyl (C=O) groups is 1. The van der Waals surface area contributed by atoms with E-state index in [4.69, 9.17) is 0 Å². The van der Waals surface area contributed by atoms with Crippen LogP contribution in [0.3, 0.4) is 0 Å². The Bertz CT molecular complexity index is 1240. The minimum Gasteiger partial charge on any atom is -0.368 e. The third-order valence-corrected chi connectivity index (χ3v) is 10.7. The van der Waals surface area contributed by atoms with Gasteiger partial charge in [0.25, 0.3) is 10.0 Å². The molecule has 0 N–H and O–H groups in total. The van der Waals surface area contributed by atoms with E-state index in [2.05, 4.69) is 4.90 Å². The second-order valence-electron chi connectivity index (χ2n) is 9.98. The number of hydrogen-bond acceptors (Lipinski definition) is 6. The highest BCUT2D eigenvalue weighted by Gasteiger charge is 2.39. The Hall–Kier alpha value is -2.18. The number of rotatable bonds is 6. The molecule has 0 spiro atoms. The molecule has 37 heavy (non-hydrogen) atoms. The van der Waals surface area contributed by atoms with Crippen LogP contribution in [0.15, 0.2) is 34.5 Å². The summed E-state index contributed by atoms with van der Waals surface area (Å²) in [6.45, 7) is 6.92. The fourth-order valence-electron chi connectivity index (χ4n) is 5.12. The van der Waals surface area contributed by atoms with E-state index in [1.54, 1.807) is 19.1 Å². The van der Waals surface area contributed by atoms with Crippen LogP contribution >= 0.6 is 11.3 Å². The maximum atomic E-state index is 13.5. The highest BCUT2D eigenvalue weighted by Crippen LogP contribution is 2.39. The lowest BCUT2D eigenvalue weighted by Gasteiger charge is -2.40. The van der Waals surface area contributed by atoms with Crippen LogP contribution in [-0.4, -0.2) is 57.3 Å². The van der Waals surface area contributed by atoms with Crippen molar-refractivity contribution in [3.63, 3.8) is 0 Å². The van der Waals surface area contributed by atoms with Crippen LogP contribution in [0, 0.1) is 17.7 Å². The molecule has 0 saturated carbocycles. The third kappa shape index (κ3) is 5.80. The first-order chi connectivity index (χ1) is 17.3. The Labute approximate surface area is 218 Å². The van der Waals surface area contributed by atoms with Crippen LogP contribution in [0.4, 0.5) is 28.3 Å². The summed E-state index contributed by atoms with van der Waals surface area (Å²) in [5.74, 6) is -0.670. The van der Waals surface area contributed by atoms with Crippen molar-refractivity contribution in [3.05, 3.63) is 41.7 Å². The number of benzene rings is 1. The van der Waals surface area contributed by atoms with E-state index in [0.29, 0.717) is 19.2 Å². The molecule has 12 heteroatoms. The van der Waals surface area contributed by atoms with Crippen molar-refractivity contribution in [1.82, 2.24) is 4.31 Å². The fraction of sp³-hybridized carbons (Fsp3) is 0.560. The number of piperazine rings is 1. The summed E-state index contributed by atoms with van der Waals surface area (Å²) in [5, 5.41) is 0.821. The zero-order valence-corrected chi connectivity index (χ0v) is 22.6. The summed E-state index contributed by atoms with van der Waals surface area (Å²) >= 11 is 1.17. The normalized spacial score (nSPS) is 20.6. The summed E-state index contributed by atoms with van der Waals surface area (Å²) in [6, 6.07) is 5.30. The maximum Gasteiger partial charge on any atom is 0.418 e. The summed E-state index contributed by atoms with van der Waals surface area (Å²) in [7, 11) is -3.85. The Morgan fingerprint density at radius 3 is 2.30 bits per heavy atom. The monoisotopic (exact) mass is 561 g/mol. The van der Waals surface area contributed by atoms with Gasteiger partial charge in [-0.2, -0.15) is 17.5 Å². The van der Waals surface area contributed by atoms with Gasteiger partial charge in [-0.3, -0.25) is 4.79 Å². The lowest BCUT2D eigenvalue weighted by Crippen LogP contribution is -2.54. The van der Waals surface area contributed by atoms with Gasteiger partial charge in [0.05, 0.1) is 10.6 Å². The van der Waals surface area contributed by atoms with E-state index in [1.807, 2.05) is 13.8 Å². The Kier molecular flexibility index (Phi) is 7.92. The van der Waals surface area contributed by atoms with Gasteiger partial charge in [0.2, 0.25) is 0 Å². The molecule has 1 aromatic heterocycles. The lowest BCUT2D eigenvalue weighted by molar-refractivity contribution is -0.137. The van der Waals surface area contributed by atoms with Crippen molar-refractivity contribution in [1.29, 1.82) is 0 Å². The van der Waals surface area contributed by atoms with Gasteiger partial charge in [0, 0.05) is 56.3 Å². The number of Topliss-reactive ketones (excluding diaryl/α,β-unsaturated/α-hetero) is 1. The topological polar surface area (TPSA) is 60.9 Å². The van der Waals surface area contributed by atoms with Gasteiger partial charge in [-0.05, 0) is 50.1 Å². The SMILES string of the molecule is CC(C)C(=O)C1CCN(c2ccc(S(=O)(=O)N3CCN(c4ccc(F)cc4C(F)(F)F)C[C@H]3C)s2)CC1. The van der Waals surface area contributed by atoms with E-state index < -0.39 is 33.6 Å². The third-order valence-electron chi connectivity index (χ3n) is 7.08. The van der Waals surface area contributed by atoms with Crippen LogP contribution < -0.4 is 9.80 Å². The molecule has 2 aromatic rings. The molecule has 1 aromatic carbocycles. The van der Waals surface area contributed by atoms with Crippen molar-refractivity contribution in [2.75, 3.05) is 42.5 Å². The predicted octanol–water partition coefficient (Wildman–Crippen LogP) is 5.25. The van der Waals surface area contributed by atoms with Gasteiger partial charge in [-0.15, -0.1) is 11.3 Å². The molecule has 2 aliphatic heterocycles. The average Bonchev–Trinajstić information content (AvgIpc) is 3.34. The van der Waals surface area contributed by atoms with Crippen LogP contribution in [0.25, 0.3) is 0 Å². The number of anilines is 2. The molecule has 4 rings (SSSR count). The molecule has 0 amide bonds. The van der Waals surface area contributed by atoms with Gasteiger partial charge in [0.15, 0.2) is 0 Å². The first-order valence-electron chi connectivity index (χ1n) is 12.3. The molecule has 2 saturated heterocycles. The van der Waals surface area contributed by atoms with Crippen LogP contribution in [0.1, 0.15) is 39.2 Å². The molecule has 2 fully saturated rings. The molecule has 1 atom stereocenters.